The second-order valence-electron chi connectivity index (χ2n) is 4.35. The van der Waals surface area contributed by atoms with Crippen LogP contribution in [0.5, 0.6) is 0 Å². The Balaban J connectivity index is 1.85. The van der Waals surface area contributed by atoms with E-state index in [9.17, 15) is 0 Å². The molecule has 0 aliphatic heterocycles. The first-order valence-corrected chi connectivity index (χ1v) is 7.33. The summed E-state index contributed by atoms with van der Waals surface area (Å²) in [5.74, 6) is 1.41. The van der Waals surface area contributed by atoms with Crippen LogP contribution in [0.25, 0.3) is 0 Å². The molecule has 0 fully saturated rings. The Kier molecular flexibility index (Phi) is 5.54. The molecule has 5 heteroatoms. The van der Waals surface area contributed by atoms with Crippen molar-refractivity contribution in [2.75, 3.05) is 13.1 Å². The lowest BCUT2D eigenvalue weighted by Gasteiger charge is -1.98. The van der Waals surface area contributed by atoms with Crippen molar-refractivity contribution < 1.29 is 4.42 Å². The third-order valence-electron chi connectivity index (χ3n) is 2.77. The fourth-order valence-electron chi connectivity index (χ4n) is 1.78. The molecule has 0 bridgehead atoms. The van der Waals surface area contributed by atoms with E-state index in [0.717, 1.165) is 36.3 Å². The first kappa shape index (κ1) is 14.2. The maximum absolute atomic E-state index is 5.64. The van der Waals surface area contributed by atoms with Crippen molar-refractivity contribution in [3.05, 3.63) is 46.1 Å². The summed E-state index contributed by atoms with van der Waals surface area (Å²) >= 11 is 3.42. The van der Waals surface area contributed by atoms with Gasteiger partial charge in [0.1, 0.15) is 0 Å². The minimum Gasteiger partial charge on any atom is -0.425 e. The van der Waals surface area contributed by atoms with E-state index in [1.807, 2.05) is 12.1 Å². The number of benzene rings is 1. The molecule has 102 valence electrons. The Bertz CT molecular complexity index is 496. The molecule has 2 rings (SSSR count). The zero-order valence-corrected chi connectivity index (χ0v) is 12.6. The van der Waals surface area contributed by atoms with E-state index in [4.69, 9.17) is 4.42 Å². The van der Waals surface area contributed by atoms with E-state index in [0.29, 0.717) is 12.3 Å². The second-order valence-corrected chi connectivity index (χ2v) is 5.27. The van der Waals surface area contributed by atoms with Crippen LogP contribution < -0.4 is 5.32 Å². The van der Waals surface area contributed by atoms with Crippen molar-refractivity contribution >= 4 is 15.9 Å². The molecule has 1 aromatic carbocycles. The van der Waals surface area contributed by atoms with Crippen LogP contribution >= 0.6 is 15.9 Å². The number of aromatic nitrogens is 2. The summed E-state index contributed by atoms with van der Waals surface area (Å²) in [4.78, 5) is 0. The molecule has 1 aromatic heterocycles. The maximum Gasteiger partial charge on any atom is 0.220 e. The summed E-state index contributed by atoms with van der Waals surface area (Å²) < 4.78 is 6.71. The van der Waals surface area contributed by atoms with Crippen LogP contribution in [0, 0.1) is 0 Å². The lowest BCUT2D eigenvalue weighted by atomic mass is 10.1. The highest BCUT2D eigenvalue weighted by Crippen LogP contribution is 2.14. The Labute approximate surface area is 121 Å². The highest BCUT2D eigenvalue weighted by molar-refractivity contribution is 9.10. The number of rotatable bonds is 7. The van der Waals surface area contributed by atoms with Gasteiger partial charge in [0.05, 0.1) is 6.42 Å². The van der Waals surface area contributed by atoms with Crippen LogP contribution in [0.3, 0.4) is 0 Å². The first-order chi connectivity index (χ1) is 9.28. The normalized spacial score (nSPS) is 10.8. The Hall–Kier alpha value is -1.20. The van der Waals surface area contributed by atoms with Gasteiger partial charge in [0, 0.05) is 10.9 Å². The molecule has 0 atom stereocenters. The van der Waals surface area contributed by atoms with E-state index >= 15 is 0 Å². The summed E-state index contributed by atoms with van der Waals surface area (Å²) in [5.41, 5.74) is 1.17. The summed E-state index contributed by atoms with van der Waals surface area (Å²) in [6.07, 6.45) is 2.54. The highest BCUT2D eigenvalue weighted by atomic mass is 79.9. The fourth-order valence-corrected chi connectivity index (χ4v) is 2.04. The van der Waals surface area contributed by atoms with Crippen LogP contribution in [0.4, 0.5) is 0 Å². The van der Waals surface area contributed by atoms with Gasteiger partial charge in [0.25, 0.3) is 0 Å². The summed E-state index contributed by atoms with van der Waals surface area (Å²) in [6, 6.07) is 8.14. The minimum absolute atomic E-state index is 0.681. The molecule has 0 amide bonds. The first-order valence-electron chi connectivity index (χ1n) is 6.54. The van der Waals surface area contributed by atoms with E-state index in [1.165, 1.54) is 5.56 Å². The van der Waals surface area contributed by atoms with Crippen LogP contribution in [0.1, 0.15) is 30.7 Å². The van der Waals surface area contributed by atoms with Gasteiger partial charge in [-0.15, -0.1) is 10.2 Å². The van der Waals surface area contributed by atoms with E-state index < -0.39 is 0 Å². The third kappa shape index (κ3) is 4.76. The molecule has 0 radical (unpaired) electrons. The molecule has 1 N–H and O–H groups in total. The molecule has 0 saturated carbocycles. The van der Waals surface area contributed by atoms with Gasteiger partial charge in [0.15, 0.2) is 0 Å². The summed E-state index contributed by atoms with van der Waals surface area (Å²) in [5, 5.41) is 11.4. The maximum atomic E-state index is 5.64. The van der Waals surface area contributed by atoms with Crippen LogP contribution in [0.2, 0.25) is 0 Å². The Morgan fingerprint density at radius 2 is 1.89 bits per heavy atom. The number of aryl methyl sites for hydroxylation is 1. The number of nitrogens with one attached hydrogen (secondary N) is 1. The van der Waals surface area contributed by atoms with Gasteiger partial charge < -0.3 is 9.73 Å². The van der Waals surface area contributed by atoms with Crippen molar-refractivity contribution in [2.24, 2.45) is 0 Å². The lowest BCUT2D eigenvalue weighted by molar-refractivity contribution is 0.449. The molecule has 4 nitrogen and oxygen atoms in total. The largest absolute Gasteiger partial charge is 0.425 e. The van der Waals surface area contributed by atoms with Gasteiger partial charge in [-0.3, -0.25) is 0 Å². The quantitative estimate of drug-likeness (QED) is 0.796. The van der Waals surface area contributed by atoms with Gasteiger partial charge in [-0.05, 0) is 37.2 Å². The summed E-state index contributed by atoms with van der Waals surface area (Å²) in [7, 11) is 0. The average molecular weight is 324 g/mol. The molecule has 0 unspecified atom stereocenters. The molecule has 1 heterocycles. The standard InChI is InChI=1S/C14H18BrN3O/c1-2-16-9-3-4-13-17-18-14(19-13)10-11-5-7-12(15)8-6-11/h5-8,16H,2-4,9-10H2,1H3. The van der Waals surface area contributed by atoms with Crippen molar-refractivity contribution in [2.45, 2.75) is 26.2 Å². The number of nitrogens with zero attached hydrogens (tertiary/aromatic N) is 2. The van der Waals surface area contributed by atoms with Crippen LogP contribution in [-0.4, -0.2) is 23.3 Å². The zero-order valence-electron chi connectivity index (χ0n) is 11.0. The van der Waals surface area contributed by atoms with Gasteiger partial charge in [-0.25, -0.2) is 0 Å². The zero-order chi connectivity index (χ0) is 13.5. The SMILES string of the molecule is CCNCCCc1nnc(Cc2ccc(Br)cc2)o1. The van der Waals surface area contributed by atoms with Gasteiger partial charge in [0.2, 0.25) is 11.8 Å². The van der Waals surface area contributed by atoms with Crippen LogP contribution in [0.15, 0.2) is 33.2 Å². The second kappa shape index (κ2) is 7.40. The molecular weight excluding hydrogens is 306 g/mol. The number of hydrogen-bond donors (Lipinski definition) is 1. The smallest absolute Gasteiger partial charge is 0.220 e. The fraction of sp³-hybridized carbons (Fsp3) is 0.429. The predicted molar refractivity (Wildman–Crippen MR) is 78.1 cm³/mol. The summed E-state index contributed by atoms with van der Waals surface area (Å²) in [6.45, 7) is 4.09. The van der Waals surface area contributed by atoms with Crippen molar-refractivity contribution in [3.8, 4) is 0 Å². The molecule has 0 aliphatic rings. The minimum atomic E-state index is 0.681. The molecule has 0 aliphatic carbocycles. The molecule has 19 heavy (non-hydrogen) atoms. The molecule has 0 saturated heterocycles. The lowest BCUT2D eigenvalue weighted by Crippen LogP contribution is -2.14. The number of halogens is 1. The molecule has 0 spiro atoms. The molecule has 2 aromatic rings. The third-order valence-corrected chi connectivity index (χ3v) is 3.30. The Morgan fingerprint density at radius 3 is 2.63 bits per heavy atom. The van der Waals surface area contributed by atoms with E-state index in [2.05, 4.69) is 50.5 Å². The number of hydrogen-bond acceptors (Lipinski definition) is 4. The van der Waals surface area contributed by atoms with Gasteiger partial charge >= 0.3 is 0 Å². The highest BCUT2D eigenvalue weighted by Gasteiger charge is 2.06. The topological polar surface area (TPSA) is 51.0 Å². The predicted octanol–water partition coefficient (Wildman–Crippen LogP) is 2.97. The van der Waals surface area contributed by atoms with E-state index in [-0.39, 0.29) is 0 Å². The van der Waals surface area contributed by atoms with Crippen molar-refractivity contribution in [3.63, 3.8) is 0 Å². The van der Waals surface area contributed by atoms with Gasteiger partial charge in [-0.1, -0.05) is 35.0 Å². The average Bonchev–Trinajstić information content (AvgIpc) is 2.85. The van der Waals surface area contributed by atoms with Crippen molar-refractivity contribution in [1.82, 2.24) is 15.5 Å². The van der Waals surface area contributed by atoms with Gasteiger partial charge in [-0.2, -0.15) is 0 Å². The van der Waals surface area contributed by atoms with Crippen LogP contribution in [-0.2, 0) is 12.8 Å². The van der Waals surface area contributed by atoms with E-state index in [1.54, 1.807) is 0 Å². The Morgan fingerprint density at radius 1 is 1.16 bits per heavy atom. The molecular formula is C14H18BrN3O. The monoisotopic (exact) mass is 323 g/mol. The van der Waals surface area contributed by atoms with Crippen molar-refractivity contribution in [1.29, 1.82) is 0 Å².